The Labute approximate surface area is 364 Å². The standard InChI is InChI=1S/C38H61N11O12S/c1-18(2)14-24(46-35(58)27(17-62)49-36(59)30(40)19(3)4)33(56)44-22(6-5-13-43-38(41)42)31(54)47-25(15-20-7-9-21(50)10-8-20)34(57)45-23(11-12-28(39)51)32(55)48-26(37(60)61)16-29(52)53/h7-10,18-19,22-27,30,50,62H,5-6,11-17,40H2,1-4H3,(H2,39,51)(H,44,56)(H,45,57)(H,46,58)(H,47,54)(H,48,55)(H,49,59)(H,52,53)(H,60,61)(H4,41,42,43)/t22-,23-,24-,25-,26-,27-,30-/m0/s1. The van der Waals surface area contributed by atoms with E-state index >= 15 is 0 Å². The first-order chi connectivity index (χ1) is 28.9. The molecule has 0 saturated heterocycles. The molecule has 0 fully saturated rings. The fraction of sp³-hybridized carbons (Fsp3) is 0.579. The number of aliphatic carboxylic acids is 2. The Hall–Kier alpha value is -6.17. The summed E-state index contributed by atoms with van der Waals surface area (Å²) in [6.45, 7) is 7.08. The molecule has 0 radical (unpaired) electrons. The van der Waals surface area contributed by atoms with Crippen molar-refractivity contribution in [2.45, 2.75) is 115 Å². The summed E-state index contributed by atoms with van der Waals surface area (Å²) in [5.41, 5.74) is 17.0. The number of carboxylic acid groups (broad SMARTS) is 2. The monoisotopic (exact) mass is 895 g/mol. The molecule has 0 aliphatic rings. The molecular formula is C38H61N11O12S. The Morgan fingerprint density at radius 3 is 1.63 bits per heavy atom. The summed E-state index contributed by atoms with van der Waals surface area (Å²) in [6.07, 6.45) is -2.14. The van der Waals surface area contributed by atoms with Gasteiger partial charge in [-0.15, -0.1) is 0 Å². The zero-order chi connectivity index (χ0) is 47.3. The van der Waals surface area contributed by atoms with E-state index in [-0.39, 0.29) is 61.5 Å². The highest BCUT2D eigenvalue weighted by molar-refractivity contribution is 7.80. The third kappa shape index (κ3) is 20.4. The molecule has 62 heavy (non-hydrogen) atoms. The van der Waals surface area contributed by atoms with Crippen molar-refractivity contribution in [1.29, 1.82) is 5.41 Å². The number of hydrogen-bond donors (Lipinski definition) is 15. The van der Waals surface area contributed by atoms with Crippen LogP contribution in [0.2, 0.25) is 0 Å². The number of primary amides is 1. The van der Waals surface area contributed by atoms with Gasteiger partial charge in [-0.1, -0.05) is 39.8 Å². The van der Waals surface area contributed by atoms with Gasteiger partial charge in [-0.25, -0.2) is 4.79 Å². The number of phenolic OH excluding ortho intramolecular Hbond substituents is 1. The molecule has 0 unspecified atom stereocenters. The highest BCUT2D eigenvalue weighted by Gasteiger charge is 2.34. The number of carboxylic acids is 2. The second-order valence-corrected chi connectivity index (χ2v) is 15.6. The number of nitrogens with two attached hydrogens (primary N) is 3. The van der Waals surface area contributed by atoms with Crippen molar-refractivity contribution in [3.05, 3.63) is 29.8 Å². The molecule has 346 valence electrons. The Kier molecular flexibility index (Phi) is 23.4. The molecular weight excluding hydrogens is 835 g/mol. The first-order valence-corrected chi connectivity index (χ1v) is 20.4. The molecule has 1 aromatic carbocycles. The van der Waals surface area contributed by atoms with Crippen molar-refractivity contribution in [3.8, 4) is 5.75 Å². The fourth-order valence-corrected chi connectivity index (χ4v) is 5.89. The zero-order valence-corrected chi connectivity index (χ0v) is 36.0. The number of rotatable bonds is 28. The summed E-state index contributed by atoms with van der Waals surface area (Å²) >= 11 is 4.18. The van der Waals surface area contributed by atoms with Crippen LogP contribution in [0.3, 0.4) is 0 Å². The smallest absolute Gasteiger partial charge is 0.326 e. The molecule has 0 spiro atoms. The van der Waals surface area contributed by atoms with Gasteiger partial charge in [-0.05, 0) is 55.2 Å². The van der Waals surface area contributed by atoms with E-state index in [2.05, 4.69) is 44.5 Å². The molecule has 1 aromatic rings. The van der Waals surface area contributed by atoms with Gasteiger partial charge < -0.3 is 69.7 Å². The highest BCUT2D eigenvalue weighted by Crippen LogP contribution is 2.14. The highest BCUT2D eigenvalue weighted by atomic mass is 32.1. The maximum Gasteiger partial charge on any atom is 0.326 e. The van der Waals surface area contributed by atoms with Crippen LogP contribution in [-0.2, 0) is 49.6 Å². The lowest BCUT2D eigenvalue weighted by Crippen LogP contribution is -2.60. The second kappa shape index (κ2) is 26.9. The largest absolute Gasteiger partial charge is 0.508 e. The van der Waals surface area contributed by atoms with Crippen LogP contribution in [0.15, 0.2) is 24.3 Å². The summed E-state index contributed by atoms with van der Waals surface area (Å²) in [7, 11) is 0. The third-order valence-electron chi connectivity index (χ3n) is 9.11. The van der Waals surface area contributed by atoms with E-state index in [1.807, 2.05) is 5.32 Å². The van der Waals surface area contributed by atoms with E-state index in [0.717, 1.165) is 0 Å². The summed E-state index contributed by atoms with van der Waals surface area (Å²) in [6, 6.07) is -4.42. The van der Waals surface area contributed by atoms with Crippen LogP contribution in [0.4, 0.5) is 0 Å². The molecule has 0 aliphatic carbocycles. The van der Waals surface area contributed by atoms with Crippen LogP contribution < -0.4 is 54.4 Å². The summed E-state index contributed by atoms with van der Waals surface area (Å²) < 4.78 is 0. The number of thiol groups is 1. The minimum Gasteiger partial charge on any atom is -0.508 e. The first-order valence-electron chi connectivity index (χ1n) is 19.7. The van der Waals surface area contributed by atoms with Gasteiger partial charge in [-0.2, -0.15) is 12.6 Å². The SMILES string of the molecule is CC(C)C[C@H](NC(=O)[C@H](CS)NC(=O)[C@@H](N)C(C)C)C(=O)N[C@@H](CCCNC(=N)N)C(=O)N[C@@H](Cc1ccc(O)cc1)C(=O)N[C@@H](CCC(N)=O)C(=O)N[C@@H](CC(=O)O)C(=O)O. The first kappa shape index (κ1) is 53.8. The number of carbonyl (C=O) groups excluding carboxylic acids is 7. The van der Waals surface area contributed by atoms with Crippen LogP contribution in [0.5, 0.6) is 5.75 Å². The number of nitrogens with one attached hydrogen (secondary N) is 8. The summed E-state index contributed by atoms with van der Waals surface area (Å²) in [5, 5.41) is 53.1. The number of phenols is 1. The van der Waals surface area contributed by atoms with Gasteiger partial charge in [0.25, 0.3) is 0 Å². The van der Waals surface area contributed by atoms with Crippen LogP contribution in [0, 0.1) is 17.2 Å². The number of amides is 7. The summed E-state index contributed by atoms with van der Waals surface area (Å²) in [5.74, 6) is -10.5. The number of hydrogen-bond acceptors (Lipinski definition) is 13. The Bertz CT molecular complexity index is 1750. The predicted octanol–water partition coefficient (Wildman–Crippen LogP) is -3.11. The van der Waals surface area contributed by atoms with Crippen LogP contribution >= 0.6 is 12.6 Å². The van der Waals surface area contributed by atoms with Crippen molar-refractivity contribution >= 4 is 71.9 Å². The van der Waals surface area contributed by atoms with E-state index in [9.17, 15) is 53.4 Å². The molecule has 0 bridgehead atoms. The average Bonchev–Trinajstić information content (AvgIpc) is 3.18. The van der Waals surface area contributed by atoms with Crippen molar-refractivity contribution in [2.75, 3.05) is 12.3 Å². The molecule has 0 saturated carbocycles. The molecule has 24 heteroatoms. The molecule has 0 aliphatic heterocycles. The maximum atomic E-state index is 14.1. The van der Waals surface area contributed by atoms with Gasteiger partial charge >= 0.3 is 11.9 Å². The van der Waals surface area contributed by atoms with Gasteiger partial charge in [0.05, 0.1) is 12.5 Å². The van der Waals surface area contributed by atoms with Crippen molar-refractivity contribution < 1.29 is 58.5 Å². The molecule has 23 nitrogen and oxygen atoms in total. The lowest BCUT2D eigenvalue weighted by molar-refractivity contribution is -0.147. The number of carbonyl (C=O) groups is 9. The molecule has 7 atom stereocenters. The Balaban J connectivity index is 3.56. The molecule has 17 N–H and O–H groups in total. The average molecular weight is 896 g/mol. The Morgan fingerprint density at radius 1 is 0.677 bits per heavy atom. The third-order valence-corrected chi connectivity index (χ3v) is 9.47. The van der Waals surface area contributed by atoms with Crippen LogP contribution in [-0.4, -0.2) is 129 Å². The molecule has 7 amide bonds. The number of aromatic hydroxyl groups is 1. The lowest BCUT2D eigenvalue weighted by Gasteiger charge is -2.28. The van der Waals surface area contributed by atoms with Gasteiger partial charge in [0.15, 0.2) is 5.96 Å². The zero-order valence-electron chi connectivity index (χ0n) is 35.1. The molecule has 0 heterocycles. The normalized spacial score (nSPS) is 14.4. The minimum atomic E-state index is -1.92. The van der Waals surface area contributed by atoms with Crippen molar-refractivity contribution in [1.82, 2.24) is 37.2 Å². The van der Waals surface area contributed by atoms with E-state index in [1.165, 1.54) is 24.3 Å². The Morgan fingerprint density at radius 2 is 1.15 bits per heavy atom. The van der Waals surface area contributed by atoms with Crippen molar-refractivity contribution in [2.24, 2.45) is 29.0 Å². The fourth-order valence-electron chi connectivity index (χ4n) is 5.63. The van der Waals surface area contributed by atoms with Gasteiger partial charge in [0, 0.05) is 25.1 Å². The van der Waals surface area contributed by atoms with Crippen LogP contribution in [0.25, 0.3) is 0 Å². The van der Waals surface area contributed by atoms with Gasteiger partial charge in [0.1, 0.15) is 42.0 Å². The molecule has 1 rings (SSSR count). The second-order valence-electron chi connectivity index (χ2n) is 15.2. The number of benzene rings is 1. The van der Waals surface area contributed by atoms with Gasteiger partial charge in [-0.3, -0.25) is 43.8 Å². The van der Waals surface area contributed by atoms with Crippen LogP contribution in [0.1, 0.15) is 71.8 Å². The van der Waals surface area contributed by atoms with E-state index < -0.39 is 115 Å². The minimum absolute atomic E-state index is 0.0758. The summed E-state index contributed by atoms with van der Waals surface area (Å²) in [4.78, 5) is 116. The van der Waals surface area contributed by atoms with Crippen molar-refractivity contribution in [3.63, 3.8) is 0 Å². The number of guanidine groups is 1. The maximum absolute atomic E-state index is 14.1. The van der Waals surface area contributed by atoms with E-state index in [4.69, 9.17) is 27.7 Å². The van der Waals surface area contributed by atoms with E-state index in [1.54, 1.807) is 27.7 Å². The lowest BCUT2D eigenvalue weighted by atomic mass is 10.0. The topological polar surface area (TPSA) is 400 Å². The predicted molar refractivity (Wildman–Crippen MR) is 227 cm³/mol. The molecule has 0 aromatic heterocycles. The van der Waals surface area contributed by atoms with E-state index in [0.29, 0.717) is 5.56 Å². The van der Waals surface area contributed by atoms with Gasteiger partial charge in [0.2, 0.25) is 41.4 Å². The quantitative estimate of drug-likeness (QED) is 0.0171.